The van der Waals surface area contributed by atoms with E-state index in [1.165, 1.54) is 0 Å². The highest BCUT2D eigenvalue weighted by Crippen LogP contribution is 2.25. The molecule has 1 heterocycles. The summed E-state index contributed by atoms with van der Waals surface area (Å²) in [5, 5.41) is 0. The van der Waals surface area contributed by atoms with E-state index in [9.17, 15) is 4.79 Å². The van der Waals surface area contributed by atoms with Crippen molar-refractivity contribution in [2.75, 3.05) is 33.7 Å². The number of amides is 1. The number of likely N-dealkylation sites (tertiary alicyclic amines) is 1. The van der Waals surface area contributed by atoms with Crippen LogP contribution in [0, 0.1) is 11.3 Å². The van der Waals surface area contributed by atoms with Gasteiger partial charge in [0.1, 0.15) is 0 Å². The molecule has 0 radical (unpaired) electrons. The first-order valence-electron chi connectivity index (χ1n) is 5.73. The Kier molecular flexibility index (Phi) is 3.77. The molecule has 1 rings (SSSR count). The maximum atomic E-state index is 11.9. The van der Waals surface area contributed by atoms with Gasteiger partial charge in [0.2, 0.25) is 5.91 Å². The standard InChI is InChI=1S/C12H24N2O/c1-10-7-14(8-10)11(15)6-12(2,3)9-13(4)5/h10H,6-9H2,1-5H3. The summed E-state index contributed by atoms with van der Waals surface area (Å²) >= 11 is 0. The van der Waals surface area contributed by atoms with Crippen molar-refractivity contribution in [3.63, 3.8) is 0 Å². The van der Waals surface area contributed by atoms with E-state index in [1.54, 1.807) is 0 Å². The molecule has 0 atom stereocenters. The molecule has 0 unspecified atom stereocenters. The molecule has 3 heteroatoms. The largest absolute Gasteiger partial charge is 0.342 e. The van der Waals surface area contributed by atoms with Gasteiger partial charge in [-0.1, -0.05) is 20.8 Å². The molecule has 1 fully saturated rings. The fourth-order valence-electron chi connectivity index (χ4n) is 2.34. The first-order chi connectivity index (χ1) is 6.80. The summed E-state index contributed by atoms with van der Waals surface area (Å²) in [6.07, 6.45) is 0.665. The lowest BCUT2D eigenvalue weighted by molar-refractivity contribution is -0.139. The van der Waals surface area contributed by atoms with Gasteiger partial charge in [-0.2, -0.15) is 0 Å². The summed E-state index contributed by atoms with van der Waals surface area (Å²) in [4.78, 5) is 16.0. The summed E-state index contributed by atoms with van der Waals surface area (Å²) in [6.45, 7) is 9.38. The first-order valence-corrected chi connectivity index (χ1v) is 5.73. The van der Waals surface area contributed by atoms with Crippen LogP contribution in [0.15, 0.2) is 0 Å². The van der Waals surface area contributed by atoms with Crippen LogP contribution < -0.4 is 0 Å². The number of hydrogen-bond donors (Lipinski definition) is 0. The molecule has 1 saturated heterocycles. The summed E-state index contributed by atoms with van der Waals surface area (Å²) in [7, 11) is 4.11. The molecular weight excluding hydrogens is 188 g/mol. The molecular formula is C12H24N2O. The SMILES string of the molecule is CC1CN(C(=O)CC(C)(C)CN(C)C)C1. The van der Waals surface area contributed by atoms with E-state index in [-0.39, 0.29) is 5.41 Å². The van der Waals surface area contributed by atoms with Gasteiger partial charge in [0.15, 0.2) is 0 Å². The average Bonchev–Trinajstić information content (AvgIpc) is 1.94. The van der Waals surface area contributed by atoms with Crippen molar-refractivity contribution >= 4 is 5.91 Å². The average molecular weight is 212 g/mol. The van der Waals surface area contributed by atoms with Crippen LogP contribution in [0.4, 0.5) is 0 Å². The quantitative estimate of drug-likeness (QED) is 0.704. The van der Waals surface area contributed by atoms with Gasteiger partial charge in [-0.25, -0.2) is 0 Å². The fraction of sp³-hybridized carbons (Fsp3) is 0.917. The van der Waals surface area contributed by atoms with Gasteiger partial charge in [0, 0.05) is 26.1 Å². The molecule has 1 aliphatic heterocycles. The van der Waals surface area contributed by atoms with E-state index in [2.05, 4.69) is 39.8 Å². The lowest BCUT2D eigenvalue weighted by Gasteiger charge is -2.39. The predicted octanol–water partition coefficient (Wildman–Crippen LogP) is 1.44. The lowest BCUT2D eigenvalue weighted by atomic mass is 9.87. The minimum absolute atomic E-state index is 0.0827. The first kappa shape index (κ1) is 12.5. The molecule has 0 N–H and O–H groups in total. The molecule has 15 heavy (non-hydrogen) atoms. The second kappa shape index (κ2) is 4.52. The Balaban J connectivity index is 2.36. The smallest absolute Gasteiger partial charge is 0.223 e. The number of carbonyl (C=O) groups excluding carboxylic acids is 1. The van der Waals surface area contributed by atoms with E-state index in [1.807, 2.05) is 4.90 Å². The molecule has 0 aromatic carbocycles. The maximum Gasteiger partial charge on any atom is 0.223 e. The van der Waals surface area contributed by atoms with Gasteiger partial charge in [-0.15, -0.1) is 0 Å². The zero-order valence-electron chi connectivity index (χ0n) is 10.7. The van der Waals surface area contributed by atoms with Crippen molar-refractivity contribution in [3.05, 3.63) is 0 Å². The van der Waals surface area contributed by atoms with Crippen molar-refractivity contribution in [1.82, 2.24) is 9.80 Å². The Hall–Kier alpha value is -0.570. The molecule has 1 amide bonds. The van der Waals surface area contributed by atoms with Gasteiger partial charge in [-0.3, -0.25) is 4.79 Å². The Labute approximate surface area is 93.4 Å². The number of carbonyl (C=O) groups is 1. The van der Waals surface area contributed by atoms with Crippen molar-refractivity contribution in [1.29, 1.82) is 0 Å². The van der Waals surface area contributed by atoms with Crippen LogP contribution in [0.3, 0.4) is 0 Å². The second-order valence-corrected chi connectivity index (χ2v) is 5.98. The van der Waals surface area contributed by atoms with E-state index in [0.29, 0.717) is 18.2 Å². The highest BCUT2D eigenvalue weighted by molar-refractivity contribution is 5.77. The van der Waals surface area contributed by atoms with Gasteiger partial charge in [0.25, 0.3) is 0 Å². The van der Waals surface area contributed by atoms with E-state index in [4.69, 9.17) is 0 Å². The highest BCUT2D eigenvalue weighted by Gasteiger charge is 2.31. The van der Waals surface area contributed by atoms with Crippen molar-refractivity contribution in [2.24, 2.45) is 11.3 Å². The third-order valence-corrected chi connectivity index (χ3v) is 2.79. The topological polar surface area (TPSA) is 23.6 Å². The monoisotopic (exact) mass is 212 g/mol. The minimum atomic E-state index is 0.0827. The molecule has 0 aliphatic carbocycles. The predicted molar refractivity (Wildman–Crippen MR) is 62.7 cm³/mol. The number of nitrogens with zero attached hydrogens (tertiary/aromatic N) is 2. The molecule has 0 spiro atoms. The Morgan fingerprint density at radius 3 is 2.33 bits per heavy atom. The summed E-state index contributed by atoms with van der Waals surface area (Å²) in [6, 6.07) is 0. The molecule has 0 aromatic rings. The molecule has 1 aliphatic rings. The Bertz CT molecular complexity index is 230. The molecule has 3 nitrogen and oxygen atoms in total. The normalized spacial score (nSPS) is 18.1. The van der Waals surface area contributed by atoms with Crippen LogP contribution in [0.25, 0.3) is 0 Å². The minimum Gasteiger partial charge on any atom is -0.342 e. The third-order valence-electron chi connectivity index (χ3n) is 2.79. The molecule has 0 saturated carbocycles. The third kappa shape index (κ3) is 3.82. The summed E-state index contributed by atoms with van der Waals surface area (Å²) < 4.78 is 0. The van der Waals surface area contributed by atoms with Crippen molar-refractivity contribution in [3.8, 4) is 0 Å². The van der Waals surface area contributed by atoms with E-state index >= 15 is 0 Å². The summed E-state index contributed by atoms with van der Waals surface area (Å²) in [5.41, 5.74) is 0.0827. The van der Waals surface area contributed by atoms with E-state index < -0.39 is 0 Å². The van der Waals surface area contributed by atoms with Crippen LogP contribution in [0.1, 0.15) is 27.2 Å². The van der Waals surface area contributed by atoms with Crippen LogP contribution in [-0.4, -0.2) is 49.4 Å². The molecule has 0 aromatic heterocycles. The van der Waals surface area contributed by atoms with Gasteiger partial charge >= 0.3 is 0 Å². The van der Waals surface area contributed by atoms with Crippen molar-refractivity contribution < 1.29 is 4.79 Å². The zero-order chi connectivity index (χ0) is 11.6. The van der Waals surface area contributed by atoms with Crippen LogP contribution in [0.2, 0.25) is 0 Å². The Morgan fingerprint density at radius 2 is 1.93 bits per heavy atom. The highest BCUT2D eigenvalue weighted by atomic mass is 16.2. The fourth-order valence-corrected chi connectivity index (χ4v) is 2.34. The maximum absolute atomic E-state index is 11.9. The Morgan fingerprint density at radius 1 is 1.40 bits per heavy atom. The van der Waals surface area contributed by atoms with Gasteiger partial charge in [0.05, 0.1) is 0 Å². The van der Waals surface area contributed by atoms with Crippen LogP contribution in [-0.2, 0) is 4.79 Å². The van der Waals surface area contributed by atoms with Crippen LogP contribution in [0.5, 0.6) is 0 Å². The number of hydrogen-bond acceptors (Lipinski definition) is 2. The van der Waals surface area contributed by atoms with E-state index in [0.717, 1.165) is 19.6 Å². The van der Waals surface area contributed by atoms with Crippen LogP contribution >= 0.6 is 0 Å². The van der Waals surface area contributed by atoms with Gasteiger partial charge in [-0.05, 0) is 25.4 Å². The second-order valence-electron chi connectivity index (χ2n) is 5.98. The summed E-state index contributed by atoms with van der Waals surface area (Å²) in [5.74, 6) is 1.02. The lowest BCUT2D eigenvalue weighted by Crippen LogP contribution is -2.50. The number of rotatable bonds is 4. The van der Waals surface area contributed by atoms with Gasteiger partial charge < -0.3 is 9.80 Å². The van der Waals surface area contributed by atoms with Crippen molar-refractivity contribution in [2.45, 2.75) is 27.2 Å². The molecule has 88 valence electrons. The molecule has 0 bridgehead atoms. The zero-order valence-corrected chi connectivity index (χ0v) is 10.7.